The van der Waals surface area contributed by atoms with Gasteiger partial charge in [-0.3, -0.25) is 4.79 Å². The number of hydrogen-bond donors (Lipinski definition) is 0. The molecule has 0 aliphatic carbocycles. The minimum atomic E-state index is -3.92. The Bertz CT molecular complexity index is 817. The van der Waals surface area contributed by atoms with E-state index in [1.165, 1.54) is 35.6 Å². The van der Waals surface area contributed by atoms with Gasteiger partial charge in [-0.05, 0) is 12.1 Å². The summed E-state index contributed by atoms with van der Waals surface area (Å²) in [4.78, 5) is 14.0. The first-order valence-electron chi connectivity index (χ1n) is 9.10. The molecule has 2 fully saturated rings. The van der Waals surface area contributed by atoms with Gasteiger partial charge in [-0.1, -0.05) is 0 Å². The number of piperidine rings is 1. The van der Waals surface area contributed by atoms with Crippen LogP contribution in [-0.2, 0) is 19.6 Å². The van der Waals surface area contributed by atoms with Crippen molar-refractivity contribution in [3.05, 3.63) is 18.2 Å². The molecule has 2 saturated heterocycles. The Balaban J connectivity index is 1.76. The van der Waals surface area contributed by atoms with Gasteiger partial charge in [0.2, 0.25) is 10.0 Å². The highest BCUT2D eigenvalue weighted by Crippen LogP contribution is 2.35. The summed E-state index contributed by atoms with van der Waals surface area (Å²) < 4.78 is 58.1. The lowest BCUT2D eigenvalue weighted by atomic mass is 9.92. The number of benzene rings is 1. The van der Waals surface area contributed by atoms with Gasteiger partial charge in [0.1, 0.15) is 16.4 Å². The Morgan fingerprint density at radius 1 is 1.11 bits per heavy atom. The lowest BCUT2D eigenvalue weighted by molar-refractivity contribution is -0.150. The van der Waals surface area contributed by atoms with Gasteiger partial charge < -0.3 is 19.1 Å². The quantitative estimate of drug-likeness (QED) is 0.714. The largest absolute Gasteiger partial charge is 0.497 e. The van der Waals surface area contributed by atoms with Crippen molar-refractivity contribution in [2.75, 3.05) is 53.6 Å². The predicted octanol–water partition coefficient (Wildman–Crippen LogP) is 1.06. The summed E-state index contributed by atoms with van der Waals surface area (Å²) in [5.41, 5.74) is -2.05. The number of alkyl halides is 1. The molecule has 0 N–H and O–H groups in total. The van der Waals surface area contributed by atoms with Gasteiger partial charge in [-0.15, -0.1) is 0 Å². The standard InChI is InChI=1S/C18H25FN2O6S/c1-25-14-3-4-15(26-2)16(13-14)28(23,24)21-7-5-18(19,6-8-21)17(22)20-9-11-27-12-10-20/h3-4,13H,5-12H2,1-2H3. The van der Waals surface area contributed by atoms with E-state index in [0.29, 0.717) is 32.1 Å². The number of carbonyl (C=O) groups excluding carboxylic acids is 1. The Morgan fingerprint density at radius 2 is 1.75 bits per heavy atom. The average molecular weight is 416 g/mol. The Kier molecular flexibility index (Phi) is 6.11. The molecule has 2 aliphatic heterocycles. The van der Waals surface area contributed by atoms with Crippen LogP contribution >= 0.6 is 0 Å². The van der Waals surface area contributed by atoms with Crippen molar-refractivity contribution in [3.8, 4) is 11.5 Å². The lowest BCUT2D eigenvalue weighted by Crippen LogP contribution is -2.55. The molecular weight excluding hydrogens is 391 g/mol. The van der Waals surface area contributed by atoms with Crippen molar-refractivity contribution in [2.45, 2.75) is 23.4 Å². The van der Waals surface area contributed by atoms with E-state index >= 15 is 4.39 Å². The van der Waals surface area contributed by atoms with Crippen LogP contribution < -0.4 is 9.47 Å². The fraction of sp³-hybridized carbons (Fsp3) is 0.611. The number of hydrogen-bond acceptors (Lipinski definition) is 6. The van der Waals surface area contributed by atoms with Gasteiger partial charge in [0.15, 0.2) is 5.67 Å². The molecule has 0 saturated carbocycles. The van der Waals surface area contributed by atoms with Crippen LogP contribution in [0.5, 0.6) is 11.5 Å². The lowest BCUT2D eigenvalue weighted by Gasteiger charge is -2.38. The first-order valence-corrected chi connectivity index (χ1v) is 10.5. The molecule has 0 radical (unpaired) electrons. The van der Waals surface area contributed by atoms with E-state index in [2.05, 4.69) is 0 Å². The highest BCUT2D eigenvalue weighted by Gasteiger charge is 2.46. The van der Waals surface area contributed by atoms with Crippen LogP contribution in [-0.4, -0.2) is 82.8 Å². The SMILES string of the molecule is COc1ccc(OC)c(S(=O)(=O)N2CCC(F)(C(=O)N3CCOCC3)CC2)c1. The molecule has 2 heterocycles. The molecule has 0 spiro atoms. The third kappa shape index (κ3) is 3.94. The smallest absolute Gasteiger partial charge is 0.260 e. The van der Waals surface area contributed by atoms with Crippen molar-refractivity contribution < 1.29 is 31.8 Å². The number of sulfonamides is 1. The summed E-state index contributed by atoms with van der Waals surface area (Å²) in [6, 6.07) is 4.49. The van der Waals surface area contributed by atoms with Gasteiger partial charge >= 0.3 is 0 Å². The van der Waals surface area contributed by atoms with Gasteiger partial charge in [-0.25, -0.2) is 12.8 Å². The minimum absolute atomic E-state index is 0.0415. The fourth-order valence-electron chi connectivity index (χ4n) is 3.47. The first kappa shape index (κ1) is 20.8. The normalized spacial score (nSPS) is 20.6. The van der Waals surface area contributed by atoms with E-state index in [1.54, 1.807) is 6.07 Å². The highest BCUT2D eigenvalue weighted by molar-refractivity contribution is 7.89. The maximum absolute atomic E-state index is 15.3. The van der Waals surface area contributed by atoms with Crippen molar-refractivity contribution in [2.24, 2.45) is 0 Å². The number of amides is 1. The molecule has 0 unspecified atom stereocenters. The second-order valence-corrected chi connectivity index (χ2v) is 8.70. The monoisotopic (exact) mass is 416 g/mol. The van der Waals surface area contributed by atoms with Gasteiger partial charge in [0.25, 0.3) is 5.91 Å². The second kappa shape index (κ2) is 8.22. The van der Waals surface area contributed by atoms with Crippen LogP contribution in [0.15, 0.2) is 23.1 Å². The van der Waals surface area contributed by atoms with Crippen LogP contribution in [0.2, 0.25) is 0 Å². The van der Waals surface area contributed by atoms with E-state index < -0.39 is 21.6 Å². The van der Waals surface area contributed by atoms with Crippen molar-refractivity contribution >= 4 is 15.9 Å². The summed E-state index contributed by atoms with van der Waals surface area (Å²) in [6.07, 6.45) is -0.372. The molecule has 28 heavy (non-hydrogen) atoms. The highest BCUT2D eigenvalue weighted by atomic mass is 32.2. The number of carbonyl (C=O) groups is 1. The molecule has 1 aromatic rings. The second-order valence-electron chi connectivity index (χ2n) is 6.79. The number of morpholine rings is 1. The summed E-state index contributed by atoms with van der Waals surface area (Å²) in [5.74, 6) is -0.0206. The van der Waals surface area contributed by atoms with Gasteiger partial charge in [0, 0.05) is 45.1 Å². The number of methoxy groups -OCH3 is 2. The molecule has 10 heteroatoms. The van der Waals surface area contributed by atoms with Crippen LogP contribution in [0, 0.1) is 0 Å². The Hall–Kier alpha value is -1.91. The molecule has 0 atom stereocenters. The summed E-state index contributed by atoms with van der Waals surface area (Å²) in [5, 5.41) is 0. The van der Waals surface area contributed by atoms with Crippen LogP contribution in [0.3, 0.4) is 0 Å². The third-order valence-electron chi connectivity index (χ3n) is 5.19. The fourth-order valence-corrected chi connectivity index (χ4v) is 5.08. The molecule has 156 valence electrons. The predicted molar refractivity (Wildman–Crippen MR) is 98.8 cm³/mol. The summed E-state index contributed by atoms with van der Waals surface area (Å²) in [6.45, 7) is 1.31. The zero-order chi connectivity index (χ0) is 20.4. The van der Waals surface area contributed by atoms with Gasteiger partial charge in [0.05, 0.1) is 27.4 Å². The van der Waals surface area contributed by atoms with E-state index in [4.69, 9.17) is 14.2 Å². The Labute approximate surface area is 164 Å². The number of ether oxygens (including phenoxy) is 3. The van der Waals surface area contributed by atoms with Crippen LogP contribution in [0.1, 0.15) is 12.8 Å². The van der Waals surface area contributed by atoms with E-state index in [0.717, 1.165) is 0 Å². The molecule has 2 aliphatic rings. The first-order chi connectivity index (χ1) is 13.3. The maximum Gasteiger partial charge on any atom is 0.260 e. The molecule has 8 nitrogen and oxygen atoms in total. The number of rotatable bonds is 5. The Morgan fingerprint density at radius 3 is 2.32 bits per heavy atom. The summed E-state index contributed by atoms with van der Waals surface area (Å²) >= 11 is 0. The van der Waals surface area contributed by atoms with Crippen molar-refractivity contribution in [1.29, 1.82) is 0 Å². The summed E-state index contributed by atoms with van der Waals surface area (Å²) in [7, 11) is -1.10. The van der Waals surface area contributed by atoms with E-state index in [9.17, 15) is 13.2 Å². The van der Waals surface area contributed by atoms with E-state index in [-0.39, 0.29) is 36.6 Å². The molecule has 0 bridgehead atoms. The maximum atomic E-state index is 15.3. The van der Waals surface area contributed by atoms with Crippen molar-refractivity contribution in [1.82, 2.24) is 9.21 Å². The van der Waals surface area contributed by atoms with E-state index in [1.807, 2.05) is 0 Å². The third-order valence-corrected chi connectivity index (χ3v) is 7.10. The number of nitrogens with zero attached hydrogens (tertiary/aromatic N) is 2. The molecule has 1 amide bonds. The molecule has 0 aromatic heterocycles. The van der Waals surface area contributed by atoms with Gasteiger partial charge in [-0.2, -0.15) is 4.31 Å². The molecule has 3 rings (SSSR count). The minimum Gasteiger partial charge on any atom is -0.497 e. The molecule has 1 aromatic carbocycles. The number of halogens is 1. The van der Waals surface area contributed by atoms with Crippen LogP contribution in [0.4, 0.5) is 4.39 Å². The zero-order valence-corrected chi connectivity index (χ0v) is 16.8. The zero-order valence-electron chi connectivity index (χ0n) is 16.0. The topological polar surface area (TPSA) is 85.4 Å². The van der Waals surface area contributed by atoms with Crippen molar-refractivity contribution in [3.63, 3.8) is 0 Å². The average Bonchev–Trinajstić information content (AvgIpc) is 2.73. The van der Waals surface area contributed by atoms with Crippen LogP contribution in [0.25, 0.3) is 0 Å². The molecular formula is C18H25FN2O6S.